The van der Waals surface area contributed by atoms with Crippen molar-refractivity contribution in [2.24, 2.45) is 0 Å². The van der Waals surface area contributed by atoms with Crippen LogP contribution in [0.4, 0.5) is 0 Å². The smallest absolute Gasteiger partial charge is 0.264 e. The monoisotopic (exact) mass is 374 g/mol. The Bertz CT molecular complexity index is 1290. The van der Waals surface area contributed by atoms with Gasteiger partial charge in [0, 0.05) is 31.4 Å². The summed E-state index contributed by atoms with van der Waals surface area (Å²) in [7, 11) is 0. The van der Waals surface area contributed by atoms with Crippen molar-refractivity contribution in [3.8, 4) is 5.69 Å². The summed E-state index contributed by atoms with van der Waals surface area (Å²) in [5.74, 6) is 0. The molecule has 0 aliphatic carbocycles. The average molecular weight is 374 g/mol. The van der Waals surface area contributed by atoms with Crippen molar-refractivity contribution < 1.29 is 4.74 Å². The van der Waals surface area contributed by atoms with Crippen molar-refractivity contribution in [2.75, 3.05) is 6.61 Å². The average Bonchev–Trinajstić information content (AvgIpc) is 3.24. The van der Waals surface area contributed by atoms with Gasteiger partial charge >= 0.3 is 0 Å². The van der Waals surface area contributed by atoms with Crippen molar-refractivity contribution in [1.29, 1.82) is 0 Å². The van der Waals surface area contributed by atoms with E-state index >= 15 is 0 Å². The lowest BCUT2D eigenvalue weighted by atomic mass is 10.1. The Hall–Kier alpha value is -3.32. The molecule has 0 amide bonds. The van der Waals surface area contributed by atoms with Crippen molar-refractivity contribution in [3.05, 3.63) is 75.8 Å². The van der Waals surface area contributed by atoms with E-state index in [-0.39, 0.29) is 17.2 Å². The van der Waals surface area contributed by atoms with Crippen LogP contribution in [-0.4, -0.2) is 31.8 Å². The van der Waals surface area contributed by atoms with Crippen molar-refractivity contribution in [3.63, 3.8) is 0 Å². The zero-order valence-corrected chi connectivity index (χ0v) is 15.1. The molecule has 4 aromatic rings. The van der Waals surface area contributed by atoms with Crippen LogP contribution < -0.4 is 11.1 Å². The van der Waals surface area contributed by atoms with Gasteiger partial charge in [-0.3, -0.25) is 19.1 Å². The number of hydrogen-bond acceptors (Lipinski definition) is 5. The van der Waals surface area contributed by atoms with Crippen molar-refractivity contribution in [1.82, 2.24) is 19.1 Å². The van der Waals surface area contributed by atoms with Crippen LogP contribution in [0.2, 0.25) is 0 Å². The van der Waals surface area contributed by atoms with Gasteiger partial charge in [0.15, 0.2) is 0 Å². The summed E-state index contributed by atoms with van der Waals surface area (Å²) in [5.41, 5.74) is 1.50. The first-order valence-electron chi connectivity index (χ1n) is 9.28. The molecular weight excluding hydrogens is 356 g/mol. The molecule has 28 heavy (non-hydrogen) atoms. The lowest BCUT2D eigenvalue weighted by molar-refractivity contribution is 0.0963. The molecule has 1 unspecified atom stereocenters. The topological polar surface area (TPSA) is 79.0 Å². The lowest BCUT2D eigenvalue weighted by Gasteiger charge is -2.12. The summed E-state index contributed by atoms with van der Waals surface area (Å²) >= 11 is 0. The van der Waals surface area contributed by atoms with Gasteiger partial charge in [-0.05, 0) is 43.2 Å². The number of nitrogens with zero attached hydrogens (tertiary/aromatic N) is 4. The van der Waals surface area contributed by atoms with Crippen LogP contribution in [0, 0.1) is 0 Å². The zero-order valence-electron chi connectivity index (χ0n) is 15.1. The van der Waals surface area contributed by atoms with Gasteiger partial charge in [0.1, 0.15) is 0 Å². The molecule has 4 aromatic heterocycles. The van der Waals surface area contributed by atoms with Gasteiger partial charge < -0.3 is 9.30 Å². The van der Waals surface area contributed by atoms with Gasteiger partial charge in [-0.15, -0.1) is 0 Å². The van der Waals surface area contributed by atoms with Gasteiger partial charge in [0.05, 0.1) is 40.1 Å². The molecule has 7 nitrogen and oxygen atoms in total. The van der Waals surface area contributed by atoms with E-state index in [2.05, 4.69) is 9.97 Å². The fourth-order valence-electron chi connectivity index (χ4n) is 3.72. The van der Waals surface area contributed by atoms with Gasteiger partial charge in [-0.25, -0.2) is 4.98 Å². The first-order chi connectivity index (χ1) is 13.7. The minimum Gasteiger partial charge on any atom is -0.376 e. The number of rotatable bonds is 3. The first-order valence-corrected chi connectivity index (χ1v) is 9.28. The maximum absolute atomic E-state index is 13.0. The summed E-state index contributed by atoms with van der Waals surface area (Å²) in [4.78, 5) is 34.5. The second-order valence-electron chi connectivity index (χ2n) is 6.96. The molecule has 1 atom stereocenters. The van der Waals surface area contributed by atoms with Crippen LogP contribution in [-0.2, 0) is 11.3 Å². The number of aromatic nitrogens is 4. The summed E-state index contributed by atoms with van der Waals surface area (Å²) in [6.07, 6.45) is 8.75. The van der Waals surface area contributed by atoms with Crippen molar-refractivity contribution in [2.45, 2.75) is 25.5 Å². The predicted octanol–water partition coefficient (Wildman–Crippen LogP) is 2.27. The molecule has 0 spiro atoms. The van der Waals surface area contributed by atoms with E-state index < -0.39 is 0 Å². The molecule has 0 aromatic carbocycles. The SMILES string of the molecule is O=c1c2cc3c(=O)n(-c4ccncc4)ccc3nc2ccn1CC1CCCO1. The first kappa shape index (κ1) is 16.8. The third-order valence-corrected chi connectivity index (χ3v) is 5.18. The number of fused-ring (bicyclic) bond motifs is 2. The summed E-state index contributed by atoms with van der Waals surface area (Å²) in [6, 6.07) is 8.78. The van der Waals surface area contributed by atoms with Crippen LogP contribution in [0.25, 0.3) is 27.5 Å². The fraction of sp³-hybridized carbons (Fsp3) is 0.238. The Kier molecular flexibility index (Phi) is 4.02. The predicted molar refractivity (Wildman–Crippen MR) is 106 cm³/mol. The third-order valence-electron chi connectivity index (χ3n) is 5.18. The van der Waals surface area contributed by atoms with Gasteiger partial charge in [0.25, 0.3) is 11.1 Å². The van der Waals surface area contributed by atoms with E-state index in [0.29, 0.717) is 34.0 Å². The van der Waals surface area contributed by atoms with E-state index in [0.717, 1.165) is 19.4 Å². The maximum Gasteiger partial charge on any atom is 0.264 e. The summed E-state index contributed by atoms with van der Waals surface area (Å²) in [6.45, 7) is 1.26. The zero-order chi connectivity index (χ0) is 19.1. The van der Waals surface area contributed by atoms with Crippen molar-refractivity contribution >= 4 is 21.8 Å². The molecule has 1 fully saturated rings. The van der Waals surface area contributed by atoms with E-state index in [1.165, 1.54) is 4.57 Å². The summed E-state index contributed by atoms with van der Waals surface area (Å²) in [5, 5.41) is 0.858. The molecule has 5 rings (SSSR count). The second kappa shape index (κ2) is 6.69. The van der Waals surface area contributed by atoms with E-state index in [1.807, 2.05) is 6.07 Å². The molecule has 1 saturated heterocycles. The van der Waals surface area contributed by atoms with E-state index in [9.17, 15) is 9.59 Å². The van der Waals surface area contributed by atoms with Crippen LogP contribution in [0.15, 0.2) is 64.7 Å². The molecule has 1 aliphatic rings. The minimum absolute atomic E-state index is 0.0625. The third kappa shape index (κ3) is 2.80. The highest BCUT2D eigenvalue weighted by atomic mass is 16.5. The van der Waals surface area contributed by atoms with E-state index in [4.69, 9.17) is 4.74 Å². The van der Waals surface area contributed by atoms with E-state index in [1.54, 1.807) is 53.6 Å². The molecule has 0 radical (unpaired) electrons. The number of pyridine rings is 4. The Morgan fingerprint density at radius 3 is 2.50 bits per heavy atom. The highest BCUT2D eigenvalue weighted by Crippen LogP contribution is 2.17. The molecule has 7 heteroatoms. The Labute approximate surface area is 159 Å². The van der Waals surface area contributed by atoms with Gasteiger partial charge in [-0.1, -0.05) is 0 Å². The van der Waals surface area contributed by atoms with Crippen LogP contribution in [0.5, 0.6) is 0 Å². The molecule has 0 saturated carbocycles. The summed E-state index contributed by atoms with van der Waals surface area (Å²) < 4.78 is 8.83. The standard InChI is InChI=1S/C21H18N4O3/c26-20-16-12-17-19(6-10-25(21(17)27)14-3-7-22-8-4-14)23-18(16)5-9-24(20)13-15-2-1-11-28-15/h3-10,12,15H,1-2,11,13H2. The molecular formula is C21H18N4O3. The Morgan fingerprint density at radius 2 is 1.75 bits per heavy atom. The lowest BCUT2D eigenvalue weighted by Crippen LogP contribution is -2.26. The quantitative estimate of drug-likeness (QED) is 0.514. The van der Waals surface area contributed by atoms with Gasteiger partial charge in [0.2, 0.25) is 0 Å². The highest BCUT2D eigenvalue weighted by molar-refractivity contribution is 5.91. The fourth-order valence-corrected chi connectivity index (χ4v) is 3.72. The number of ether oxygens (including phenoxy) is 1. The minimum atomic E-state index is -0.216. The van der Waals surface area contributed by atoms with Crippen LogP contribution in [0.3, 0.4) is 0 Å². The second-order valence-corrected chi connectivity index (χ2v) is 6.96. The van der Waals surface area contributed by atoms with Crippen LogP contribution in [0.1, 0.15) is 12.8 Å². The normalized spacial score (nSPS) is 16.8. The highest BCUT2D eigenvalue weighted by Gasteiger charge is 2.17. The number of hydrogen-bond donors (Lipinski definition) is 0. The Morgan fingerprint density at radius 1 is 1.00 bits per heavy atom. The Balaban J connectivity index is 1.68. The van der Waals surface area contributed by atoms with Gasteiger partial charge in [-0.2, -0.15) is 0 Å². The molecule has 140 valence electrons. The molecule has 0 bridgehead atoms. The molecule has 5 heterocycles. The largest absolute Gasteiger partial charge is 0.376 e. The van der Waals surface area contributed by atoms with Crippen LogP contribution >= 0.6 is 0 Å². The maximum atomic E-state index is 13.0. The molecule has 0 N–H and O–H groups in total. The molecule has 1 aliphatic heterocycles.